The molecule has 0 saturated heterocycles. The standard InChI is InChI=1S/C13H13NO2/c15-13(16)10-6-3-5-9-8-4-1-2-7-11(8)14-12(9)10/h3,6H,1-2,4-5,7H2,(H,15,16). The van der Waals surface area contributed by atoms with E-state index in [0.717, 1.165) is 36.2 Å². The molecule has 3 nitrogen and oxygen atoms in total. The van der Waals surface area contributed by atoms with Gasteiger partial charge in [0.1, 0.15) is 0 Å². The van der Waals surface area contributed by atoms with Crippen molar-refractivity contribution < 1.29 is 9.90 Å². The van der Waals surface area contributed by atoms with Crippen LogP contribution in [0.3, 0.4) is 0 Å². The zero-order valence-corrected chi connectivity index (χ0v) is 8.99. The molecule has 0 atom stereocenters. The van der Waals surface area contributed by atoms with Crippen LogP contribution in [-0.4, -0.2) is 16.8 Å². The van der Waals surface area contributed by atoms with Gasteiger partial charge in [0, 0.05) is 5.71 Å². The van der Waals surface area contributed by atoms with Crippen LogP contribution < -0.4 is 0 Å². The fraction of sp³-hybridized carbons (Fsp3) is 0.385. The van der Waals surface area contributed by atoms with E-state index in [1.54, 1.807) is 6.08 Å². The van der Waals surface area contributed by atoms with Crippen LogP contribution in [0, 0.1) is 0 Å². The lowest BCUT2D eigenvalue weighted by Gasteiger charge is -2.15. The van der Waals surface area contributed by atoms with Crippen molar-refractivity contribution in [1.82, 2.24) is 0 Å². The number of hydrogen-bond acceptors (Lipinski definition) is 2. The molecule has 16 heavy (non-hydrogen) atoms. The summed E-state index contributed by atoms with van der Waals surface area (Å²) >= 11 is 0. The minimum absolute atomic E-state index is 0.357. The minimum atomic E-state index is -0.868. The Kier molecular flexibility index (Phi) is 2.06. The summed E-state index contributed by atoms with van der Waals surface area (Å²) in [5, 5.41) is 9.12. The zero-order valence-electron chi connectivity index (χ0n) is 8.99. The van der Waals surface area contributed by atoms with E-state index in [9.17, 15) is 4.79 Å². The van der Waals surface area contributed by atoms with Gasteiger partial charge in [-0.3, -0.25) is 4.99 Å². The summed E-state index contributed by atoms with van der Waals surface area (Å²) in [7, 11) is 0. The van der Waals surface area contributed by atoms with Gasteiger partial charge in [-0.15, -0.1) is 0 Å². The van der Waals surface area contributed by atoms with Crippen LogP contribution in [0.1, 0.15) is 32.1 Å². The van der Waals surface area contributed by atoms with Crippen molar-refractivity contribution in [2.24, 2.45) is 4.99 Å². The first-order valence-electron chi connectivity index (χ1n) is 5.72. The largest absolute Gasteiger partial charge is 0.478 e. The zero-order chi connectivity index (χ0) is 11.1. The maximum absolute atomic E-state index is 11.1. The Balaban J connectivity index is 2.16. The molecular formula is C13H13NO2. The number of aliphatic imine (C=N–C) groups is 1. The topological polar surface area (TPSA) is 49.7 Å². The molecular weight excluding hydrogens is 202 g/mol. The quantitative estimate of drug-likeness (QED) is 0.730. The van der Waals surface area contributed by atoms with Crippen LogP contribution >= 0.6 is 0 Å². The van der Waals surface area contributed by atoms with Crippen molar-refractivity contribution in [2.45, 2.75) is 32.1 Å². The van der Waals surface area contributed by atoms with Crippen molar-refractivity contribution in [3.8, 4) is 0 Å². The second-order valence-corrected chi connectivity index (χ2v) is 4.40. The van der Waals surface area contributed by atoms with Gasteiger partial charge in [-0.25, -0.2) is 4.79 Å². The fourth-order valence-electron chi connectivity index (χ4n) is 2.67. The Bertz CT molecular complexity index is 492. The number of rotatable bonds is 1. The van der Waals surface area contributed by atoms with E-state index >= 15 is 0 Å². The second-order valence-electron chi connectivity index (χ2n) is 4.40. The van der Waals surface area contributed by atoms with Gasteiger partial charge in [0.15, 0.2) is 0 Å². The molecule has 82 valence electrons. The van der Waals surface area contributed by atoms with Crippen LogP contribution in [0.25, 0.3) is 0 Å². The molecule has 0 radical (unpaired) electrons. The summed E-state index contributed by atoms with van der Waals surface area (Å²) in [6.45, 7) is 0. The highest BCUT2D eigenvalue weighted by Crippen LogP contribution is 2.39. The Morgan fingerprint density at radius 1 is 1.25 bits per heavy atom. The van der Waals surface area contributed by atoms with Gasteiger partial charge < -0.3 is 5.11 Å². The first-order chi connectivity index (χ1) is 7.77. The van der Waals surface area contributed by atoms with E-state index in [2.05, 4.69) is 4.99 Å². The van der Waals surface area contributed by atoms with Gasteiger partial charge in [-0.1, -0.05) is 6.08 Å². The smallest absolute Gasteiger partial charge is 0.337 e. The molecule has 0 amide bonds. The molecule has 0 bridgehead atoms. The molecule has 1 aliphatic heterocycles. The lowest BCUT2D eigenvalue weighted by atomic mass is 9.87. The number of carboxylic acids is 1. The van der Waals surface area contributed by atoms with Gasteiger partial charge in [-0.2, -0.15) is 0 Å². The molecule has 1 saturated carbocycles. The van der Waals surface area contributed by atoms with Gasteiger partial charge in [0.25, 0.3) is 0 Å². The summed E-state index contributed by atoms with van der Waals surface area (Å²) in [4.78, 5) is 15.6. The van der Waals surface area contributed by atoms with Crippen molar-refractivity contribution in [3.05, 3.63) is 34.6 Å². The van der Waals surface area contributed by atoms with Crippen LogP contribution in [-0.2, 0) is 4.79 Å². The number of carbonyl (C=O) groups is 1. The van der Waals surface area contributed by atoms with E-state index in [1.807, 2.05) is 6.08 Å². The number of nitrogens with zero attached hydrogens (tertiary/aromatic N) is 1. The van der Waals surface area contributed by atoms with Crippen molar-refractivity contribution >= 4 is 11.7 Å². The normalized spacial score (nSPS) is 23.1. The molecule has 0 unspecified atom stereocenters. The highest BCUT2D eigenvalue weighted by molar-refractivity contribution is 6.07. The first-order valence-corrected chi connectivity index (χ1v) is 5.72. The Morgan fingerprint density at radius 2 is 2.06 bits per heavy atom. The number of allylic oxidation sites excluding steroid dienone is 3. The summed E-state index contributed by atoms with van der Waals surface area (Å²) in [5.74, 6) is -0.868. The molecule has 0 aromatic heterocycles. The first kappa shape index (κ1) is 9.58. The van der Waals surface area contributed by atoms with Gasteiger partial charge in [0.05, 0.1) is 11.3 Å². The molecule has 3 aliphatic rings. The predicted octanol–water partition coefficient (Wildman–Crippen LogP) is 2.61. The Labute approximate surface area is 93.9 Å². The van der Waals surface area contributed by atoms with Gasteiger partial charge >= 0.3 is 5.97 Å². The van der Waals surface area contributed by atoms with Crippen LogP contribution in [0.5, 0.6) is 0 Å². The highest BCUT2D eigenvalue weighted by atomic mass is 16.4. The van der Waals surface area contributed by atoms with Gasteiger partial charge in [-0.05, 0) is 49.3 Å². The molecule has 1 fully saturated rings. The van der Waals surface area contributed by atoms with Crippen molar-refractivity contribution in [1.29, 1.82) is 0 Å². The van der Waals surface area contributed by atoms with E-state index in [-0.39, 0.29) is 0 Å². The Morgan fingerprint density at radius 3 is 2.88 bits per heavy atom. The van der Waals surface area contributed by atoms with Crippen LogP contribution in [0.15, 0.2) is 39.6 Å². The van der Waals surface area contributed by atoms with E-state index in [4.69, 9.17) is 5.11 Å². The molecule has 1 heterocycles. The molecule has 0 aromatic rings. The van der Waals surface area contributed by atoms with E-state index in [1.165, 1.54) is 18.4 Å². The van der Waals surface area contributed by atoms with Crippen molar-refractivity contribution in [3.63, 3.8) is 0 Å². The third-order valence-electron chi connectivity index (χ3n) is 3.43. The third-order valence-corrected chi connectivity index (χ3v) is 3.43. The molecule has 0 aromatic carbocycles. The monoisotopic (exact) mass is 215 g/mol. The number of fused-ring (bicyclic) bond motifs is 2. The average Bonchev–Trinajstić information content (AvgIpc) is 2.67. The molecule has 3 rings (SSSR count). The van der Waals surface area contributed by atoms with E-state index in [0.29, 0.717) is 5.57 Å². The SMILES string of the molecule is O=C(O)C1=C2N=C3CCCCC3=C2CC=C1. The molecule has 2 aliphatic carbocycles. The van der Waals surface area contributed by atoms with Crippen LogP contribution in [0.4, 0.5) is 0 Å². The number of carboxylic acid groups (broad SMARTS) is 1. The van der Waals surface area contributed by atoms with Crippen molar-refractivity contribution in [2.75, 3.05) is 0 Å². The summed E-state index contributed by atoms with van der Waals surface area (Å²) in [5.41, 5.74) is 4.70. The van der Waals surface area contributed by atoms with E-state index < -0.39 is 5.97 Å². The maximum atomic E-state index is 11.1. The molecule has 0 spiro atoms. The highest BCUT2D eigenvalue weighted by Gasteiger charge is 2.29. The second kappa shape index (κ2) is 3.44. The summed E-state index contributed by atoms with van der Waals surface area (Å²) in [6.07, 6.45) is 8.92. The lowest BCUT2D eigenvalue weighted by molar-refractivity contribution is -0.132. The summed E-state index contributed by atoms with van der Waals surface area (Å²) < 4.78 is 0. The molecule has 1 N–H and O–H groups in total. The molecule has 3 heteroatoms. The fourth-order valence-corrected chi connectivity index (χ4v) is 2.67. The summed E-state index contributed by atoms with van der Waals surface area (Å²) in [6, 6.07) is 0. The average molecular weight is 215 g/mol. The maximum Gasteiger partial charge on any atom is 0.337 e. The third kappa shape index (κ3) is 1.28. The minimum Gasteiger partial charge on any atom is -0.478 e. The lowest BCUT2D eigenvalue weighted by Crippen LogP contribution is -2.07. The number of aliphatic carboxylic acids is 1. The van der Waals surface area contributed by atoms with Gasteiger partial charge in [0.2, 0.25) is 0 Å². The van der Waals surface area contributed by atoms with Crippen LogP contribution in [0.2, 0.25) is 0 Å². The number of hydrogen-bond donors (Lipinski definition) is 1. The predicted molar refractivity (Wildman–Crippen MR) is 61.3 cm³/mol. The Hall–Kier alpha value is -1.64.